The fourth-order valence-electron chi connectivity index (χ4n) is 10.6. The molecular weight excluding hydrogens is 1130 g/mol. The normalized spacial score (nSPS) is 16.3. The molecule has 3 aromatic rings. The van der Waals surface area contributed by atoms with Gasteiger partial charge in [0, 0.05) is 84.8 Å². The van der Waals surface area contributed by atoms with Crippen molar-refractivity contribution >= 4 is 74.5 Å². The molecule has 84 heavy (non-hydrogen) atoms. The van der Waals surface area contributed by atoms with E-state index in [2.05, 4.69) is 16.0 Å². The Bertz CT molecular complexity index is 2530. The Morgan fingerprint density at radius 1 is 0.821 bits per heavy atom. The Kier molecular flexibility index (Phi) is 30.5. The Morgan fingerprint density at radius 2 is 1.48 bits per heavy atom. The van der Waals surface area contributed by atoms with E-state index in [9.17, 15) is 33.6 Å². The highest BCUT2D eigenvalue weighted by molar-refractivity contribution is 8.76. The second-order valence-corrected chi connectivity index (χ2v) is 26.3. The molecule has 0 radical (unpaired) electrons. The van der Waals surface area contributed by atoms with Crippen molar-refractivity contribution in [3.05, 3.63) is 81.8 Å². The summed E-state index contributed by atoms with van der Waals surface area (Å²) >= 11 is 1.28. The molecule has 2 aromatic carbocycles. The van der Waals surface area contributed by atoms with E-state index in [-0.39, 0.29) is 78.3 Å². The molecule has 0 saturated carbocycles. The number of hydrogen-bond acceptors (Lipinski definition) is 16. The number of rotatable bonds is 35. The summed E-state index contributed by atoms with van der Waals surface area (Å²) < 4.78 is 17.8. The number of hydrogen-bond donors (Lipinski definition) is 4. The molecule has 1 aliphatic rings. The molecule has 9 atom stereocenters. The lowest BCUT2D eigenvalue weighted by Crippen LogP contribution is -2.59. The molecule has 23 heteroatoms. The molecule has 4 N–H and O–H groups in total. The summed E-state index contributed by atoms with van der Waals surface area (Å²) in [4.78, 5) is 108. The van der Waals surface area contributed by atoms with Crippen LogP contribution in [0.25, 0.3) is 0 Å². The van der Waals surface area contributed by atoms with Crippen LogP contribution < -0.4 is 20.7 Å². The van der Waals surface area contributed by atoms with Gasteiger partial charge < -0.3 is 54.9 Å². The zero-order chi connectivity index (χ0) is 62.2. The lowest BCUT2D eigenvalue weighted by Gasteiger charge is -2.41. The molecule has 2 heterocycles. The first kappa shape index (κ1) is 71.2. The number of aromatic nitrogens is 1. The number of benzene rings is 2. The highest BCUT2D eigenvalue weighted by Crippen LogP contribution is 2.31. The summed E-state index contributed by atoms with van der Waals surface area (Å²) in [5.41, 5.74) is 2.10. The maximum Gasteiger partial charge on any atom is 0.414 e. The highest BCUT2D eigenvalue weighted by Gasteiger charge is 2.43. The number of nitrogens with zero attached hydrogens (tertiary/aromatic N) is 6. The predicted molar refractivity (Wildman–Crippen MR) is 334 cm³/mol. The molecule has 0 aliphatic carbocycles. The van der Waals surface area contributed by atoms with Crippen molar-refractivity contribution in [2.75, 3.05) is 93.7 Å². The van der Waals surface area contributed by atoms with Gasteiger partial charge in [0.15, 0.2) is 0 Å². The van der Waals surface area contributed by atoms with Gasteiger partial charge in [0.2, 0.25) is 29.5 Å². The van der Waals surface area contributed by atoms with Crippen molar-refractivity contribution in [1.29, 1.82) is 0 Å². The van der Waals surface area contributed by atoms with Gasteiger partial charge >= 0.3 is 6.09 Å². The van der Waals surface area contributed by atoms with Crippen LogP contribution in [0.3, 0.4) is 0 Å². The van der Waals surface area contributed by atoms with Gasteiger partial charge in [-0.2, -0.15) is 0 Å². The van der Waals surface area contributed by atoms with Crippen LogP contribution in [-0.4, -0.2) is 206 Å². The zero-order valence-electron chi connectivity index (χ0n) is 52.0. The van der Waals surface area contributed by atoms with Crippen molar-refractivity contribution in [2.24, 2.45) is 23.7 Å². The molecule has 7 amide bonds. The maximum atomic E-state index is 14.6. The summed E-state index contributed by atoms with van der Waals surface area (Å²) in [7, 11) is 15.1. The average molecular weight is 1230 g/mol. The van der Waals surface area contributed by atoms with Gasteiger partial charge in [-0.1, -0.05) is 119 Å². The van der Waals surface area contributed by atoms with Crippen LogP contribution in [0.5, 0.6) is 5.75 Å². The SMILES string of the molecule is CC[C@H](C)[C@@H]([C@@H](CC(=O)N1CCC[C@H]1[C@H](OC)[C@@H](C)C(=O)N[C@@H](Cc1ccccc1)c1nc(C(=O)NCCc2ccc(OC(=O)N(C)CCSSCCN(C)C(=O)CCO)cc2)cs1)OC)N(C)C(=O)[C@@H](NC(=O)[C@H](C(C)C)N(C)C)C(C)C. The summed E-state index contributed by atoms with van der Waals surface area (Å²) in [5.74, 6) is -0.570. The average Bonchev–Trinajstić information content (AvgIpc) is 4.05. The molecule has 1 aliphatic heterocycles. The van der Waals surface area contributed by atoms with Crippen LogP contribution in [0.4, 0.5) is 4.79 Å². The molecule has 1 aromatic heterocycles. The fraction of sp³-hybridized carbons (Fsp3) is 0.639. The Hall–Kier alpha value is -5.30. The number of carbonyl (C=O) groups excluding carboxylic acids is 7. The van der Waals surface area contributed by atoms with E-state index in [0.29, 0.717) is 74.8 Å². The van der Waals surface area contributed by atoms with E-state index in [0.717, 1.165) is 16.9 Å². The summed E-state index contributed by atoms with van der Waals surface area (Å²) in [5, 5.41) is 20.4. The summed E-state index contributed by atoms with van der Waals surface area (Å²) in [6.07, 6.45) is 1.21. The minimum Gasteiger partial charge on any atom is -0.410 e. The van der Waals surface area contributed by atoms with Crippen LogP contribution in [-0.2, 0) is 46.3 Å². The lowest BCUT2D eigenvalue weighted by atomic mass is 9.89. The van der Waals surface area contributed by atoms with Crippen LogP contribution in [0.2, 0.25) is 0 Å². The molecule has 0 unspecified atom stereocenters. The fourth-order valence-corrected chi connectivity index (χ4v) is 13.5. The zero-order valence-corrected chi connectivity index (χ0v) is 54.4. The van der Waals surface area contributed by atoms with E-state index in [1.807, 2.05) is 103 Å². The number of likely N-dealkylation sites (N-methyl/N-ethyl adjacent to an activating group) is 2. The minimum absolute atomic E-state index is 0.0169. The van der Waals surface area contributed by atoms with Gasteiger partial charge in [-0.15, -0.1) is 11.3 Å². The number of methoxy groups -OCH3 is 2. The number of carbonyl (C=O) groups is 7. The molecule has 4 rings (SSSR count). The highest BCUT2D eigenvalue weighted by atomic mass is 33.1. The van der Waals surface area contributed by atoms with E-state index < -0.39 is 54.4 Å². The van der Waals surface area contributed by atoms with E-state index in [1.165, 1.54) is 16.2 Å². The van der Waals surface area contributed by atoms with Gasteiger partial charge in [0.05, 0.1) is 55.3 Å². The first-order chi connectivity index (χ1) is 40.0. The number of aliphatic hydroxyl groups is 1. The first-order valence-corrected chi connectivity index (χ1v) is 32.6. The van der Waals surface area contributed by atoms with E-state index >= 15 is 0 Å². The largest absolute Gasteiger partial charge is 0.414 e. The van der Waals surface area contributed by atoms with E-state index in [1.54, 1.807) is 96.1 Å². The van der Waals surface area contributed by atoms with Crippen molar-refractivity contribution in [2.45, 2.75) is 136 Å². The monoisotopic (exact) mass is 1230 g/mol. The van der Waals surface area contributed by atoms with E-state index in [4.69, 9.17) is 24.3 Å². The Morgan fingerprint density at radius 3 is 2.06 bits per heavy atom. The number of likely N-dealkylation sites (tertiary alicyclic amines) is 1. The van der Waals surface area contributed by atoms with Gasteiger partial charge in [0.1, 0.15) is 22.5 Å². The second kappa shape index (κ2) is 36.0. The smallest absolute Gasteiger partial charge is 0.410 e. The Balaban J connectivity index is 1.37. The third kappa shape index (κ3) is 21.3. The summed E-state index contributed by atoms with van der Waals surface area (Å²) in [6.45, 7) is 15.3. The van der Waals surface area contributed by atoms with Gasteiger partial charge in [-0.3, -0.25) is 33.7 Å². The second-order valence-electron chi connectivity index (χ2n) is 22.7. The molecule has 1 fully saturated rings. The standard InChI is InChI=1S/C61H95N9O11S3/c1-15-41(6)54(69(12)60(77)52(39(2)3)65-58(76)53(40(4)5)66(8)9)49(79-13)37-51(73)70-30-19-22-48(70)55(80-14)42(7)56(74)63-46(36-44-20-17-16-18-21-44)59-64-47(38-82-59)57(75)62-29-27-43-23-25-45(26-24-43)81-61(78)68(11)32-35-84-83-34-31-67(10)50(72)28-33-71/h16-18,20-21,23-26,38-42,46,48-49,52-55,71H,15,19,22,27-37H2,1-14H3,(H,62,75)(H,63,74)(H,65,76)/t41-,42+,46-,48-,49+,52-,53-,54-,55+/m0/s1. The van der Waals surface area contributed by atoms with Crippen molar-refractivity contribution in [3.63, 3.8) is 0 Å². The molecule has 0 spiro atoms. The number of thiazole rings is 1. The number of nitrogens with one attached hydrogen (secondary N) is 3. The molecule has 0 bridgehead atoms. The molecule has 468 valence electrons. The number of amides is 7. The van der Waals surface area contributed by atoms with Crippen molar-refractivity contribution in [3.8, 4) is 5.75 Å². The maximum absolute atomic E-state index is 14.6. The van der Waals surface area contributed by atoms with Crippen molar-refractivity contribution < 1.29 is 52.9 Å². The quantitative estimate of drug-likeness (QED) is 0.0350. The van der Waals surface area contributed by atoms with Crippen molar-refractivity contribution in [1.82, 2.24) is 45.4 Å². The van der Waals surface area contributed by atoms with Gasteiger partial charge in [0.25, 0.3) is 5.91 Å². The molecule has 20 nitrogen and oxygen atoms in total. The summed E-state index contributed by atoms with van der Waals surface area (Å²) in [6, 6.07) is 14.1. The van der Waals surface area contributed by atoms with Crippen LogP contribution in [0.15, 0.2) is 60.0 Å². The predicted octanol–water partition coefficient (Wildman–Crippen LogP) is 6.82. The molecule has 1 saturated heterocycles. The first-order valence-electron chi connectivity index (χ1n) is 29.3. The topological polar surface area (TPSA) is 233 Å². The number of aliphatic hydroxyl groups excluding tert-OH is 1. The third-order valence-electron chi connectivity index (χ3n) is 15.6. The molecular formula is C61H95N9O11S3. The van der Waals surface area contributed by atoms with Gasteiger partial charge in [-0.25, -0.2) is 9.78 Å². The van der Waals surface area contributed by atoms with Crippen LogP contribution in [0, 0.1) is 23.7 Å². The lowest BCUT2D eigenvalue weighted by molar-refractivity contribution is -0.148. The number of ether oxygens (including phenoxy) is 3. The third-order valence-corrected chi connectivity index (χ3v) is 18.9. The van der Waals surface area contributed by atoms with Crippen LogP contribution >= 0.6 is 32.9 Å². The minimum atomic E-state index is -0.799. The van der Waals surface area contributed by atoms with Crippen LogP contribution in [0.1, 0.15) is 113 Å². The van der Waals surface area contributed by atoms with Gasteiger partial charge in [-0.05, 0) is 80.8 Å². The Labute approximate surface area is 511 Å².